The number of thiazole rings is 1. The van der Waals surface area contributed by atoms with E-state index in [-0.39, 0.29) is 40.0 Å². The Morgan fingerprint density at radius 1 is 1.32 bits per heavy atom. The number of ether oxygens (including phenoxy) is 1. The molecule has 0 atom stereocenters. The maximum absolute atomic E-state index is 13.4. The van der Waals surface area contributed by atoms with Gasteiger partial charge in [0, 0.05) is 18.0 Å². The molecule has 2 aromatic rings. The Labute approximate surface area is 171 Å². The van der Waals surface area contributed by atoms with Gasteiger partial charge in [-0.2, -0.15) is 0 Å². The van der Waals surface area contributed by atoms with Crippen LogP contribution in [-0.2, 0) is 4.79 Å². The molecule has 5 rings (SSSR count). The molecule has 5 nitrogen and oxygen atoms in total. The number of aryl methyl sites for hydroxylation is 2. The highest BCUT2D eigenvalue weighted by Crippen LogP contribution is 2.69. The molecule has 1 aromatic heterocycles. The number of halogens is 2. The monoisotopic (exact) mass is 422 g/mol. The van der Waals surface area contributed by atoms with Crippen LogP contribution in [0.15, 0.2) is 18.2 Å². The molecule has 0 aliphatic heterocycles. The lowest BCUT2D eigenvalue weighted by molar-refractivity contribution is -0.164. The first kappa shape index (κ1) is 19.3. The quantitative estimate of drug-likeness (QED) is 0.677. The van der Waals surface area contributed by atoms with Gasteiger partial charge in [-0.15, -0.1) is 11.3 Å². The van der Waals surface area contributed by atoms with E-state index in [1.165, 1.54) is 23.5 Å². The second kappa shape index (κ2) is 6.81. The molecule has 3 fully saturated rings. The molecule has 28 heavy (non-hydrogen) atoms. The molecule has 8 heteroatoms. The first-order valence-electron chi connectivity index (χ1n) is 9.05. The minimum atomic E-state index is -0.586. The summed E-state index contributed by atoms with van der Waals surface area (Å²) in [7, 11) is 0. The van der Waals surface area contributed by atoms with Crippen LogP contribution in [0.4, 0.5) is 4.39 Å². The summed E-state index contributed by atoms with van der Waals surface area (Å²) in [6.45, 7) is 3.58. The number of nitrogens with one attached hydrogen (secondary N) is 1. The standard InChI is InChI=1S/C20H20ClFN2O3S/c1-11-18(28-12(2)23-11)16(25)6-19-8-20(9-19,10-19)24-17(26)7-27-13-3-4-14(21)15(22)5-13/h3-5H,6-10H2,1-2H3,(H,24,26). The minimum absolute atomic E-state index is 0.00852. The second-order valence-electron chi connectivity index (χ2n) is 7.97. The van der Waals surface area contributed by atoms with Crippen molar-refractivity contribution in [3.8, 4) is 5.75 Å². The van der Waals surface area contributed by atoms with Crippen molar-refractivity contribution in [3.63, 3.8) is 0 Å². The zero-order chi connectivity index (χ0) is 20.1. The van der Waals surface area contributed by atoms with Crippen LogP contribution in [0.5, 0.6) is 5.75 Å². The van der Waals surface area contributed by atoms with E-state index in [9.17, 15) is 14.0 Å². The van der Waals surface area contributed by atoms with Crippen LogP contribution in [-0.4, -0.2) is 28.8 Å². The Kier molecular flexibility index (Phi) is 4.70. The van der Waals surface area contributed by atoms with Gasteiger partial charge in [0.25, 0.3) is 5.91 Å². The van der Waals surface area contributed by atoms with Crippen LogP contribution < -0.4 is 10.1 Å². The lowest BCUT2D eigenvalue weighted by Crippen LogP contribution is -2.75. The number of aromatic nitrogens is 1. The van der Waals surface area contributed by atoms with E-state index in [1.54, 1.807) is 0 Å². The molecule has 2 bridgehead atoms. The third-order valence-electron chi connectivity index (χ3n) is 5.50. The van der Waals surface area contributed by atoms with Crippen LogP contribution in [0.25, 0.3) is 0 Å². The van der Waals surface area contributed by atoms with Crippen molar-refractivity contribution in [1.29, 1.82) is 0 Å². The van der Waals surface area contributed by atoms with Gasteiger partial charge in [-0.05, 0) is 50.7 Å². The van der Waals surface area contributed by atoms with Crippen molar-refractivity contribution in [2.24, 2.45) is 5.41 Å². The van der Waals surface area contributed by atoms with Crippen molar-refractivity contribution in [1.82, 2.24) is 10.3 Å². The number of carbonyl (C=O) groups excluding carboxylic acids is 2. The summed E-state index contributed by atoms with van der Waals surface area (Å²) in [5.41, 5.74) is 0.595. The van der Waals surface area contributed by atoms with Crippen LogP contribution in [0.3, 0.4) is 0 Å². The van der Waals surface area contributed by atoms with Gasteiger partial charge < -0.3 is 10.1 Å². The van der Waals surface area contributed by atoms with Gasteiger partial charge >= 0.3 is 0 Å². The average Bonchev–Trinajstić information content (AvgIpc) is 2.91. The molecule has 0 unspecified atom stereocenters. The first-order valence-corrected chi connectivity index (χ1v) is 10.2. The molecule has 3 aliphatic rings. The molecule has 1 N–H and O–H groups in total. The van der Waals surface area contributed by atoms with Crippen LogP contribution in [0.2, 0.25) is 5.02 Å². The molecule has 1 aromatic carbocycles. The van der Waals surface area contributed by atoms with Crippen molar-refractivity contribution in [2.75, 3.05) is 6.61 Å². The average molecular weight is 423 g/mol. The number of Topliss-reactive ketones (excluding diaryl/α,β-unsaturated/α-hetero) is 1. The fraction of sp³-hybridized carbons (Fsp3) is 0.450. The van der Waals surface area contributed by atoms with E-state index in [2.05, 4.69) is 10.3 Å². The van der Waals surface area contributed by atoms with Gasteiger partial charge in [0.2, 0.25) is 0 Å². The topological polar surface area (TPSA) is 68.3 Å². The van der Waals surface area contributed by atoms with E-state index in [4.69, 9.17) is 16.3 Å². The zero-order valence-corrected chi connectivity index (χ0v) is 17.2. The lowest BCUT2D eigenvalue weighted by atomic mass is 9.38. The van der Waals surface area contributed by atoms with Gasteiger partial charge in [0.05, 0.1) is 20.6 Å². The maximum Gasteiger partial charge on any atom is 0.258 e. The molecule has 0 saturated heterocycles. The summed E-state index contributed by atoms with van der Waals surface area (Å²) in [6, 6.07) is 4.06. The molecule has 1 heterocycles. The van der Waals surface area contributed by atoms with Gasteiger partial charge in [0.1, 0.15) is 11.6 Å². The zero-order valence-electron chi connectivity index (χ0n) is 15.6. The number of ketones is 1. The van der Waals surface area contributed by atoms with Gasteiger partial charge in [-0.1, -0.05) is 11.6 Å². The Bertz CT molecular complexity index is 955. The fourth-order valence-corrected chi connectivity index (χ4v) is 5.55. The largest absolute Gasteiger partial charge is 0.484 e. The summed E-state index contributed by atoms with van der Waals surface area (Å²) in [4.78, 5) is 29.8. The normalized spacial score (nSPS) is 24.9. The number of nitrogens with zero attached hydrogens (tertiary/aromatic N) is 1. The van der Waals surface area contributed by atoms with Crippen LogP contribution in [0.1, 0.15) is 46.1 Å². The summed E-state index contributed by atoms with van der Waals surface area (Å²) < 4.78 is 18.7. The SMILES string of the molecule is Cc1nc(C)c(C(=O)CC23CC(NC(=O)COc4ccc(Cl)c(F)c4)(C2)C3)s1. The lowest BCUT2D eigenvalue weighted by Gasteiger charge is -2.70. The highest BCUT2D eigenvalue weighted by molar-refractivity contribution is 7.13. The van der Waals surface area contributed by atoms with E-state index >= 15 is 0 Å². The third-order valence-corrected chi connectivity index (χ3v) is 6.92. The smallest absolute Gasteiger partial charge is 0.258 e. The second-order valence-corrected chi connectivity index (χ2v) is 9.58. The minimum Gasteiger partial charge on any atom is -0.484 e. The van der Waals surface area contributed by atoms with Crippen LogP contribution in [0, 0.1) is 25.1 Å². The number of carbonyl (C=O) groups is 2. The van der Waals surface area contributed by atoms with Crippen molar-refractivity contribution >= 4 is 34.6 Å². The Morgan fingerprint density at radius 3 is 2.64 bits per heavy atom. The first-order chi connectivity index (χ1) is 13.2. The third kappa shape index (κ3) is 3.53. The van der Waals surface area contributed by atoms with Crippen molar-refractivity contribution < 1.29 is 18.7 Å². The summed E-state index contributed by atoms with van der Waals surface area (Å²) >= 11 is 7.07. The van der Waals surface area contributed by atoms with Gasteiger partial charge in [0.15, 0.2) is 12.4 Å². The Hall–Kier alpha value is -1.99. The van der Waals surface area contributed by atoms with Gasteiger partial charge in [-0.3, -0.25) is 9.59 Å². The number of hydrogen-bond donors (Lipinski definition) is 1. The molecule has 3 aliphatic carbocycles. The summed E-state index contributed by atoms with van der Waals surface area (Å²) in [6.07, 6.45) is 2.94. The molecule has 3 saturated carbocycles. The predicted molar refractivity (Wildman–Crippen MR) is 105 cm³/mol. The Morgan fingerprint density at radius 2 is 2.04 bits per heavy atom. The van der Waals surface area contributed by atoms with E-state index in [1.807, 2.05) is 13.8 Å². The molecular weight excluding hydrogens is 403 g/mol. The summed E-state index contributed by atoms with van der Waals surface area (Å²) in [5.74, 6) is -0.427. The van der Waals surface area contributed by atoms with Crippen molar-refractivity contribution in [3.05, 3.63) is 44.6 Å². The number of benzene rings is 1. The molecular formula is C20H20ClFN2O3S. The predicted octanol–water partition coefficient (Wildman–Crippen LogP) is 4.24. The van der Waals surface area contributed by atoms with Crippen LogP contribution >= 0.6 is 22.9 Å². The van der Waals surface area contributed by atoms with E-state index in [0.717, 1.165) is 40.9 Å². The number of amides is 1. The highest BCUT2D eigenvalue weighted by atomic mass is 35.5. The molecule has 0 spiro atoms. The highest BCUT2D eigenvalue weighted by Gasteiger charge is 2.68. The summed E-state index contributed by atoms with van der Waals surface area (Å²) in [5, 5.41) is 3.92. The molecule has 1 amide bonds. The Balaban J connectivity index is 1.25. The maximum atomic E-state index is 13.4. The fourth-order valence-electron chi connectivity index (χ4n) is 4.58. The number of hydrogen-bond acceptors (Lipinski definition) is 5. The van der Waals surface area contributed by atoms with E-state index in [0.29, 0.717) is 6.42 Å². The van der Waals surface area contributed by atoms with Gasteiger partial charge in [-0.25, -0.2) is 9.37 Å². The molecule has 148 valence electrons. The number of rotatable bonds is 7. The molecule has 0 radical (unpaired) electrons. The van der Waals surface area contributed by atoms with Crippen molar-refractivity contribution in [2.45, 2.75) is 45.1 Å². The van der Waals surface area contributed by atoms with E-state index < -0.39 is 5.82 Å².